The van der Waals surface area contributed by atoms with E-state index >= 15 is 0 Å². The zero-order valence-corrected chi connectivity index (χ0v) is 10.1. The number of hydrogen-bond acceptors (Lipinski definition) is 3. The first kappa shape index (κ1) is 13.2. The number of esters is 1. The summed E-state index contributed by atoms with van der Waals surface area (Å²) >= 11 is 0. The summed E-state index contributed by atoms with van der Waals surface area (Å²) in [4.78, 5) is 22.0. The molecule has 0 aromatic rings. The van der Waals surface area contributed by atoms with E-state index in [0.29, 0.717) is 18.9 Å². The Labute approximate surface area is 97.5 Å². The molecule has 0 saturated heterocycles. The summed E-state index contributed by atoms with van der Waals surface area (Å²) in [5.41, 5.74) is 0. The number of hydrogen-bond donors (Lipinski definition) is 0. The summed E-state index contributed by atoms with van der Waals surface area (Å²) in [7, 11) is 0. The number of carbonyl (C=O) groups is 2. The Hall–Kier alpha value is -0.860. The van der Waals surface area contributed by atoms with E-state index in [0.717, 1.165) is 44.8 Å². The molecule has 1 aliphatic rings. The highest BCUT2D eigenvalue weighted by molar-refractivity contribution is 5.72. The molecule has 0 spiro atoms. The summed E-state index contributed by atoms with van der Waals surface area (Å²) in [6.07, 6.45) is 7.42. The van der Waals surface area contributed by atoms with Gasteiger partial charge in [-0.15, -0.1) is 0 Å². The van der Waals surface area contributed by atoms with Gasteiger partial charge in [0.15, 0.2) is 0 Å². The maximum Gasteiger partial charge on any atom is 0.308 e. The minimum Gasteiger partial charge on any atom is -0.465 e. The van der Waals surface area contributed by atoms with Crippen molar-refractivity contribution in [3.05, 3.63) is 0 Å². The van der Waals surface area contributed by atoms with Gasteiger partial charge in [-0.25, -0.2) is 0 Å². The Morgan fingerprint density at radius 3 is 2.56 bits per heavy atom. The summed E-state index contributed by atoms with van der Waals surface area (Å²) < 4.78 is 5.21. The Morgan fingerprint density at radius 2 is 2.00 bits per heavy atom. The third kappa shape index (κ3) is 4.33. The Bertz CT molecular complexity index is 217. The number of aldehydes is 1. The second-order valence-electron chi connectivity index (χ2n) is 4.64. The van der Waals surface area contributed by atoms with Crippen LogP contribution in [0.1, 0.15) is 51.9 Å². The van der Waals surface area contributed by atoms with Gasteiger partial charge in [0.25, 0.3) is 0 Å². The van der Waals surface area contributed by atoms with E-state index in [-0.39, 0.29) is 11.9 Å². The third-order valence-electron chi connectivity index (χ3n) is 3.35. The van der Waals surface area contributed by atoms with E-state index in [1.54, 1.807) is 0 Å². The molecule has 1 saturated carbocycles. The van der Waals surface area contributed by atoms with Gasteiger partial charge in [-0.3, -0.25) is 4.79 Å². The second kappa shape index (κ2) is 7.42. The molecular formula is C13H22O3. The van der Waals surface area contributed by atoms with E-state index < -0.39 is 0 Å². The first-order valence-corrected chi connectivity index (χ1v) is 6.38. The van der Waals surface area contributed by atoms with Crippen molar-refractivity contribution in [1.82, 2.24) is 0 Å². The second-order valence-corrected chi connectivity index (χ2v) is 4.64. The summed E-state index contributed by atoms with van der Waals surface area (Å²) in [5.74, 6) is 0.551. The smallest absolute Gasteiger partial charge is 0.308 e. The van der Waals surface area contributed by atoms with Crippen molar-refractivity contribution in [3.8, 4) is 0 Å². The SMILES string of the molecule is CCCCOC(=O)[C@H]1CC[C@H](CC=O)CC1. The molecule has 0 bridgehead atoms. The lowest BCUT2D eigenvalue weighted by molar-refractivity contribution is -0.150. The van der Waals surface area contributed by atoms with E-state index in [9.17, 15) is 9.59 Å². The van der Waals surface area contributed by atoms with Gasteiger partial charge >= 0.3 is 5.97 Å². The van der Waals surface area contributed by atoms with Gasteiger partial charge in [0.05, 0.1) is 12.5 Å². The lowest BCUT2D eigenvalue weighted by Gasteiger charge is -2.25. The molecule has 1 rings (SSSR count). The van der Waals surface area contributed by atoms with Gasteiger partial charge < -0.3 is 9.53 Å². The average Bonchev–Trinajstić information content (AvgIpc) is 2.30. The third-order valence-corrected chi connectivity index (χ3v) is 3.35. The van der Waals surface area contributed by atoms with E-state index in [1.807, 2.05) is 0 Å². The average molecular weight is 226 g/mol. The molecule has 16 heavy (non-hydrogen) atoms. The molecule has 0 aliphatic heterocycles. The minimum atomic E-state index is -0.0296. The lowest BCUT2D eigenvalue weighted by atomic mass is 9.81. The quantitative estimate of drug-likeness (QED) is 0.397. The fourth-order valence-electron chi connectivity index (χ4n) is 2.20. The van der Waals surface area contributed by atoms with Crippen LogP contribution in [0.4, 0.5) is 0 Å². The molecule has 1 fully saturated rings. The normalized spacial score (nSPS) is 25.1. The van der Waals surface area contributed by atoms with Gasteiger partial charge in [0, 0.05) is 6.42 Å². The molecule has 92 valence electrons. The molecule has 3 heteroatoms. The van der Waals surface area contributed by atoms with Gasteiger partial charge in [0.2, 0.25) is 0 Å². The summed E-state index contributed by atoms with van der Waals surface area (Å²) in [6.45, 7) is 2.64. The monoisotopic (exact) mass is 226 g/mol. The fourth-order valence-corrected chi connectivity index (χ4v) is 2.20. The summed E-state index contributed by atoms with van der Waals surface area (Å²) in [5, 5.41) is 0. The maximum atomic E-state index is 11.6. The number of unbranched alkanes of at least 4 members (excludes halogenated alkanes) is 1. The molecule has 0 aromatic heterocycles. The van der Waals surface area contributed by atoms with Gasteiger partial charge in [0.1, 0.15) is 6.29 Å². The van der Waals surface area contributed by atoms with E-state index in [4.69, 9.17) is 4.74 Å². The molecule has 3 nitrogen and oxygen atoms in total. The van der Waals surface area contributed by atoms with Crippen molar-refractivity contribution < 1.29 is 14.3 Å². The van der Waals surface area contributed by atoms with Crippen molar-refractivity contribution >= 4 is 12.3 Å². The predicted molar refractivity (Wildman–Crippen MR) is 62.0 cm³/mol. The largest absolute Gasteiger partial charge is 0.465 e. The lowest BCUT2D eigenvalue weighted by Crippen LogP contribution is -2.24. The first-order valence-electron chi connectivity index (χ1n) is 6.38. The van der Waals surface area contributed by atoms with Gasteiger partial charge in [-0.05, 0) is 38.0 Å². The van der Waals surface area contributed by atoms with Crippen molar-refractivity contribution in [3.63, 3.8) is 0 Å². The van der Waals surface area contributed by atoms with Crippen LogP contribution in [0.25, 0.3) is 0 Å². The molecule has 0 N–H and O–H groups in total. The van der Waals surface area contributed by atoms with Crippen LogP contribution >= 0.6 is 0 Å². The van der Waals surface area contributed by atoms with Crippen LogP contribution in [0.15, 0.2) is 0 Å². The predicted octanol–water partition coefficient (Wildman–Crippen LogP) is 2.73. The van der Waals surface area contributed by atoms with E-state index in [1.165, 1.54) is 0 Å². The van der Waals surface area contributed by atoms with Crippen LogP contribution in [-0.2, 0) is 14.3 Å². The highest BCUT2D eigenvalue weighted by Crippen LogP contribution is 2.30. The molecule has 0 heterocycles. The van der Waals surface area contributed by atoms with Crippen LogP contribution in [0, 0.1) is 11.8 Å². The topological polar surface area (TPSA) is 43.4 Å². The zero-order valence-electron chi connectivity index (χ0n) is 10.1. The van der Waals surface area contributed by atoms with Gasteiger partial charge in [-0.1, -0.05) is 13.3 Å². The maximum absolute atomic E-state index is 11.6. The Morgan fingerprint density at radius 1 is 1.31 bits per heavy atom. The Balaban J connectivity index is 2.19. The molecule has 0 atom stereocenters. The molecular weight excluding hydrogens is 204 g/mol. The van der Waals surface area contributed by atoms with Crippen LogP contribution in [0.3, 0.4) is 0 Å². The molecule has 0 unspecified atom stereocenters. The van der Waals surface area contributed by atoms with Crippen LogP contribution in [0.2, 0.25) is 0 Å². The summed E-state index contributed by atoms with van der Waals surface area (Å²) in [6, 6.07) is 0. The highest BCUT2D eigenvalue weighted by Gasteiger charge is 2.26. The van der Waals surface area contributed by atoms with Crippen molar-refractivity contribution in [2.75, 3.05) is 6.61 Å². The van der Waals surface area contributed by atoms with Crippen LogP contribution in [-0.4, -0.2) is 18.9 Å². The number of rotatable bonds is 6. The van der Waals surface area contributed by atoms with Crippen LogP contribution in [0.5, 0.6) is 0 Å². The number of ether oxygens (including phenoxy) is 1. The first-order chi connectivity index (χ1) is 7.77. The molecule has 0 aromatic carbocycles. The molecule has 0 amide bonds. The fraction of sp³-hybridized carbons (Fsp3) is 0.846. The minimum absolute atomic E-state index is 0.0296. The van der Waals surface area contributed by atoms with Crippen molar-refractivity contribution in [1.29, 1.82) is 0 Å². The zero-order chi connectivity index (χ0) is 11.8. The standard InChI is InChI=1S/C13H22O3/c1-2-3-10-16-13(15)12-6-4-11(5-7-12)8-9-14/h9,11-12H,2-8,10H2,1H3/t11-,12-. The van der Waals surface area contributed by atoms with Crippen LogP contribution < -0.4 is 0 Å². The number of carbonyl (C=O) groups excluding carboxylic acids is 2. The van der Waals surface area contributed by atoms with E-state index in [2.05, 4.69) is 6.92 Å². The van der Waals surface area contributed by atoms with Gasteiger partial charge in [-0.2, -0.15) is 0 Å². The van der Waals surface area contributed by atoms with Crippen molar-refractivity contribution in [2.45, 2.75) is 51.9 Å². The molecule has 1 aliphatic carbocycles. The molecule has 0 radical (unpaired) electrons. The Kier molecular flexibility index (Phi) is 6.12. The van der Waals surface area contributed by atoms with Crippen molar-refractivity contribution in [2.24, 2.45) is 11.8 Å². The highest BCUT2D eigenvalue weighted by atomic mass is 16.5.